The van der Waals surface area contributed by atoms with Crippen LogP contribution in [0.3, 0.4) is 0 Å². The third-order valence-electron chi connectivity index (χ3n) is 4.34. The summed E-state index contributed by atoms with van der Waals surface area (Å²) in [5, 5.41) is 13.1. The van der Waals surface area contributed by atoms with Crippen LogP contribution in [0.1, 0.15) is 35.0 Å². The van der Waals surface area contributed by atoms with E-state index in [-0.39, 0.29) is 18.6 Å². The van der Waals surface area contributed by atoms with Crippen LogP contribution in [0.4, 0.5) is 0 Å². The third-order valence-corrected chi connectivity index (χ3v) is 4.34. The summed E-state index contributed by atoms with van der Waals surface area (Å²) in [4.78, 5) is 14.1. The molecular formula is C18H22N2O3. The van der Waals surface area contributed by atoms with E-state index in [4.69, 9.17) is 4.42 Å². The van der Waals surface area contributed by atoms with Crippen molar-refractivity contribution in [3.63, 3.8) is 0 Å². The molecule has 0 aliphatic carbocycles. The highest BCUT2D eigenvalue weighted by Crippen LogP contribution is 2.19. The molecule has 0 saturated carbocycles. The average Bonchev–Trinajstić information content (AvgIpc) is 3.15. The SMILES string of the molecule is O=C(c1ccco1)N1CCC(NC(CO)c2ccccc2)CC1. The van der Waals surface area contributed by atoms with E-state index in [9.17, 15) is 9.90 Å². The molecule has 5 nitrogen and oxygen atoms in total. The van der Waals surface area contributed by atoms with E-state index in [1.54, 1.807) is 12.1 Å². The molecule has 5 heteroatoms. The molecule has 1 aliphatic heterocycles. The van der Waals surface area contributed by atoms with Crippen LogP contribution in [-0.4, -0.2) is 41.7 Å². The van der Waals surface area contributed by atoms with Gasteiger partial charge < -0.3 is 19.7 Å². The van der Waals surface area contributed by atoms with Crippen LogP contribution in [0.5, 0.6) is 0 Å². The first kappa shape index (κ1) is 15.8. The molecule has 1 aliphatic rings. The first-order chi connectivity index (χ1) is 11.3. The van der Waals surface area contributed by atoms with Gasteiger partial charge >= 0.3 is 0 Å². The van der Waals surface area contributed by atoms with Crippen LogP contribution in [0.15, 0.2) is 53.1 Å². The maximum absolute atomic E-state index is 12.2. The molecule has 1 aromatic heterocycles. The number of carbonyl (C=O) groups excluding carboxylic acids is 1. The summed E-state index contributed by atoms with van der Waals surface area (Å²) in [5.74, 6) is 0.351. The number of rotatable bonds is 5. The number of furan rings is 1. The van der Waals surface area contributed by atoms with Crippen LogP contribution in [0.25, 0.3) is 0 Å². The monoisotopic (exact) mass is 314 g/mol. The molecule has 0 spiro atoms. The molecule has 0 bridgehead atoms. The van der Waals surface area contributed by atoms with Crippen molar-refractivity contribution in [3.8, 4) is 0 Å². The van der Waals surface area contributed by atoms with E-state index in [0.717, 1.165) is 18.4 Å². The van der Waals surface area contributed by atoms with E-state index in [1.165, 1.54) is 6.26 Å². The Morgan fingerprint density at radius 2 is 1.96 bits per heavy atom. The second-order valence-electron chi connectivity index (χ2n) is 5.86. The van der Waals surface area contributed by atoms with Crippen molar-refractivity contribution in [1.29, 1.82) is 0 Å². The predicted molar refractivity (Wildman–Crippen MR) is 87.0 cm³/mol. The standard InChI is InChI=1S/C18H22N2O3/c21-13-16(14-5-2-1-3-6-14)19-15-8-10-20(11-9-15)18(22)17-7-4-12-23-17/h1-7,12,15-16,19,21H,8-11,13H2. The van der Waals surface area contributed by atoms with Crippen molar-refractivity contribution in [3.05, 3.63) is 60.1 Å². The molecular weight excluding hydrogens is 292 g/mol. The molecule has 2 aromatic rings. The topological polar surface area (TPSA) is 65.7 Å². The van der Waals surface area contributed by atoms with Gasteiger partial charge in [-0.3, -0.25) is 4.79 Å². The van der Waals surface area contributed by atoms with Gasteiger partial charge in [0.15, 0.2) is 5.76 Å². The zero-order valence-electron chi connectivity index (χ0n) is 13.0. The fraction of sp³-hybridized carbons (Fsp3) is 0.389. The Morgan fingerprint density at radius 1 is 1.22 bits per heavy atom. The molecule has 122 valence electrons. The summed E-state index contributed by atoms with van der Waals surface area (Å²) in [6, 6.07) is 13.6. The van der Waals surface area contributed by atoms with Gasteiger partial charge in [0, 0.05) is 19.1 Å². The maximum Gasteiger partial charge on any atom is 0.289 e. The summed E-state index contributed by atoms with van der Waals surface area (Å²) < 4.78 is 5.18. The van der Waals surface area contributed by atoms with Crippen LogP contribution < -0.4 is 5.32 Å². The van der Waals surface area contributed by atoms with E-state index >= 15 is 0 Å². The Hall–Kier alpha value is -2.11. The molecule has 2 N–H and O–H groups in total. The Labute approximate surface area is 135 Å². The number of hydrogen-bond acceptors (Lipinski definition) is 4. The van der Waals surface area contributed by atoms with Crippen LogP contribution in [0, 0.1) is 0 Å². The van der Waals surface area contributed by atoms with Crippen LogP contribution >= 0.6 is 0 Å². The van der Waals surface area contributed by atoms with E-state index in [0.29, 0.717) is 24.9 Å². The number of nitrogens with one attached hydrogen (secondary N) is 1. The number of carbonyl (C=O) groups is 1. The fourth-order valence-electron chi connectivity index (χ4n) is 3.03. The lowest BCUT2D eigenvalue weighted by molar-refractivity contribution is 0.0665. The number of aliphatic hydroxyl groups is 1. The summed E-state index contributed by atoms with van der Waals surface area (Å²) in [6.07, 6.45) is 3.26. The van der Waals surface area contributed by atoms with E-state index in [1.807, 2.05) is 35.2 Å². The van der Waals surface area contributed by atoms with Gasteiger partial charge in [-0.05, 0) is 30.5 Å². The average molecular weight is 314 g/mol. The highest BCUT2D eigenvalue weighted by Gasteiger charge is 2.26. The van der Waals surface area contributed by atoms with Gasteiger partial charge in [0.25, 0.3) is 5.91 Å². The summed E-state index contributed by atoms with van der Waals surface area (Å²) >= 11 is 0. The lowest BCUT2D eigenvalue weighted by Crippen LogP contribution is -2.46. The summed E-state index contributed by atoms with van der Waals surface area (Å²) in [5.41, 5.74) is 1.09. The minimum absolute atomic E-state index is 0.0461. The lowest BCUT2D eigenvalue weighted by atomic mass is 10.0. The van der Waals surface area contributed by atoms with Crippen molar-refractivity contribution in [2.45, 2.75) is 24.9 Å². The Balaban J connectivity index is 1.53. The normalized spacial score (nSPS) is 17.2. The third kappa shape index (κ3) is 3.81. The number of piperidine rings is 1. The minimum atomic E-state index is -0.0616. The quantitative estimate of drug-likeness (QED) is 0.888. The zero-order valence-corrected chi connectivity index (χ0v) is 13.0. The fourth-order valence-corrected chi connectivity index (χ4v) is 3.03. The largest absolute Gasteiger partial charge is 0.459 e. The van der Waals surface area contributed by atoms with Crippen molar-refractivity contribution < 1.29 is 14.3 Å². The van der Waals surface area contributed by atoms with Crippen molar-refractivity contribution in [2.75, 3.05) is 19.7 Å². The first-order valence-corrected chi connectivity index (χ1v) is 8.02. The summed E-state index contributed by atoms with van der Waals surface area (Å²) in [6.45, 7) is 1.46. The Morgan fingerprint density at radius 3 is 2.57 bits per heavy atom. The molecule has 1 aromatic carbocycles. The van der Waals surface area contributed by atoms with E-state index < -0.39 is 0 Å². The molecule has 2 heterocycles. The van der Waals surface area contributed by atoms with Crippen LogP contribution in [-0.2, 0) is 0 Å². The second kappa shape index (κ2) is 7.44. The minimum Gasteiger partial charge on any atom is -0.459 e. The number of aliphatic hydroxyl groups excluding tert-OH is 1. The Bertz CT molecular complexity index is 604. The van der Waals surface area contributed by atoms with Crippen molar-refractivity contribution in [1.82, 2.24) is 10.2 Å². The number of benzene rings is 1. The van der Waals surface area contributed by atoms with Gasteiger partial charge in [-0.2, -0.15) is 0 Å². The molecule has 1 atom stereocenters. The molecule has 1 saturated heterocycles. The maximum atomic E-state index is 12.2. The van der Waals surface area contributed by atoms with Gasteiger partial charge in [0.2, 0.25) is 0 Å². The van der Waals surface area contributed by atoms with Gasteiger partial charge in [0.05, 0.1) is 18.9 Å². The van der Waals surface area contributed by atoms with Gasteiger partial charge in [-0.15, -0.1) is 0 Å². The first-order valence-electron chi connectivity index (χ1n) is 8.02. The second-order valence-corrected chi connectivity index (χ2v) is 5.86. The smallest absolute Gasteiger partial charge is 0.289 e. The molecule has 23 heavy (non-hydrogen) atoms. The van der Waals surface area contributed by atoms with Crippen molar-refractivity contribution in [2.24, 2.45) is 0 Å². The highest BCUT2D eigenvalue weighted by atomic mass is 16.3. The van der Waals surface area contributed by atoms with E-state index in [2.05, 4.69) is 5.32 Å². The molecule has 1 fully saturated rings. The Kier molecular flexibility index (Phi) is 5.10. The molecule has 1 unspecified atom stereocenters. The molecule has 1 amide bonds. The number of amides is 1. The van der Waals surface area contributed by atoms with Crippen molar-refractivity contribution >= 4 is 5.91 Å². The number of nitrogens with zero attached hydrogens (tertiary/aromatic N) is 1. The van der Waals surface area contributed by atoms with Gasteiger partial charge in [-0.1, -0.05) is 30.3 Å². The zero-order chi connectivity index (χ0) is 16.1. The van der Waals surface area contributed by atoms with Gasteiger partial charge in [0.1, 0.15) is 0 Å². The van der Waals surface area contributed by atoms with Crippen LogP contribution in [0.2, 0.25) is 0 Å². The lowest BCUT2D eigenvalue weighted by Gasteiger charge is -2.34. The molecule has 0 radical (unpaired) electrons. The number of hydrogen-bond donors (Lipinski definition) is 2. The van der Waals surface area contributed by atoms with Gasteiger partial charge in [-0.25, -0.2) is 0 Å². The highest BCUT2D eigenvalue weighted by molar-refractivity contribution is 5.91. The number of likely N-dealkylation sites (tertiary alicyclic amines) is 1. The molecule has 3 rings (SSSR count). The summed E-state index contributed by atoms with van der Waals surface area (Å²) in [7, 11) is 0. The predicted octanol–water partition coefficient (Wildman–Crippen LogP) is 2.21.